The molecule has 0 amide bonds. The predicted octanol–water partition coefficient (Wildman–Crippen LogP) is 3.54. The van der Waals surface area contributed by atoms with Crippen LogP contribution in [-0.2, 0) is 0 Å². The van der Waals surface area contributed by atoms with Crippen molar-refractivity contribution in [3.63, 3.8) is 0 Å². The van der Waals surface area contributed by atoms with Crippen LogP contribution in [0.2, 0.25) is 0 Å². The lowest BCUT2D eigenvalue weighted by atomic mass is 10.3. The Morgan fingerprint density at radius 1 is 1.33 bits per heavy atom. The van der Waals surface area contributed by atoms with Gasteiger partial charge in [-0.1, -0.05) is 6.08 Å². The molecular weight excluding hydrogens is 211 g/mol. The maximum atomic E-state index is 13.2. The number of allylic oxidation sites excluding steroid dienone is 1. The average Bonchev–Trinajstić information content (AvgIpc) is 2.78. The molecule has 2 aromatic rings. The molecule has 0 aliphatic heterocycles. The van der Waals surface area contributed by atoms with Crippen LogP contribution in [0.25, 0.3) is 16.5 Å². The van der Waals surface area contributed by atoms with E-state index in [-0.39, 0.29) is 5.83 Å². The molecule has 0 fully saturated rings. The zero-order chi connectivity index (χ0) is 10.7. The second-order valence-electron chi connectivity index (χ2n) is 2.87. The largest absolute Gasteiger partial charge is 0.236 e. The summed E-state index contributed by atoms with van der Waals surface area (Å²) < 4.78 is 13.2. The monoisotopic (exact) mass is 220 g/mol. The summed E-state index contributed by atoms with van der Waals surface area (Å²) in [5.41, 5.74) is 0. The molecule has 2 nitrogen and oxygen atoms in total. The summed E-state index contributed by atoms with van der Waals surface area (Å²) in [5, 5.41) is 0. The highest BCUT2D eigenvalue weighted by atomic mass is 32.1. The van der Waals surface area contributed by atoms with Crippen LogP contribution in [-0.4, -0.2) is 9.97 Å². The molecule has 0 unspecified atom stereocenters. The van der Waals surface area contributed by atoms with E-state index in [1.807, 2.05) is 6.07 Å². The Morgan fingerprint density at radius 2 is 2.07 bits per heavy atom. The first kappa shape index (κ1) is 9.98. The zero-order valence-electron chi connectivity index (χ0n) is 8.14. The smallest absolute Gasteiger partial charge is 0.169 e. The summed E-state index contributed by atoms with van der Waals surface area (Å²) >= 11 is 1.35. The molecule has 0 saturated heterocycles. The Hall–Kier alpha value is -1.55. The van der Waals surface area contributed by atoms with Crippen molar-refractivity contribution < 1.29 is 4.39 Å². The van der Waals surface area contributed by atoms with Gasteiger partial charge in [-0.15, -0.1) is 11.3 Å². The number of rotatable bonds is 2. The van der Waals surface area contributed by atoms with Crippen LogP contribution in [0.3, 0.4) is 0 Å². The molecule has 0 aromatic carbocycles. The van der Waals surface area contributed by atoms with Gasteiger partial charge in [0, 0.05) is 12.4 Å². The summed E-state index contributed by atoms with van der Waals surface area (Å²) in [4.78, 5) is 9.70. The number of hydrogen-bond donors (Lipinski definition) is 0. The van der Waals surface area contributed by atoms with Gasteiger partial charge in [0.1, 0.15) is 5.83 Å². The van der Waals surface area contributed by atoms with Crippen molar-refractivity contribution in [3.8, 4) is 10.7 Å². The lowest BCUT2D eigenvalue weighted by Crippen LogP contribution is -1.81. The lowest BCUT2D eigenvalue weighted by Gasteiger charge is -1.92. The molecule has 0 saturated carbocycles. The van der Waals surface area contributed by atoms with Gasteiger partial charge >= 0.3 is 0 Å². The van der Waals surface area contributed by atoms with Gasteiger partial charge in [-0.3, -0.25) is 0 Å². The minimum absolute atomic E-state index is 0.206. The summed E-state index contributed by atoms with van der Waals surface area (Å²) in [7, 11) is 0. The minimum atomic E-state index is -0.206. The fourth-order valence-corrected chi connectivity index (χ4v) is 2.08. The number of thiophene rings is 1. The van der Waals surface area contributed by atoms with Crippen LogP contribution in [0.1, 0.15) is 11.8 Å². The van der Waals surface area contributed by atoms with Gasteiger partial charge < -0.3 is 0 Å². The Labute approximate surface area is 91.1 Å². The van der Waals surface area contributed by atoms with E-state index in [4.69, 9.17) is 0 Å². The van der Waals surface area contributed by atoms with Crippen molar-refractivity contribution >= 4 is 17.2 Å². The third-order valence-corrected chi connectivity index (χ3v) is 2.97. The zero-order valence-corrected chi connectivity index (χ0v) is 8.96. The Balaban J connectivity index is 2.36. The van der Waals surface area contributed by atoms with Crippen molar-refractivity contribution in [2.75, 3.05) is 0 Å². The molecule has 0 bridgehead atoms. The van der Waals surface area contributed by atoms with Crippen LogP contribution in [0.5, 0.6) is 0 Å². The average molecular weight is 220 g/mol. The molecule has 0 aliphatic rings. The molecule has 76 valence electrons. The van der Waals surface area contributed by atoms with Crippen molar-refractivity contribution in [1.82, 2.24) is 9.97 Å². The van der Waals surface area contributed by atoms with Crippen LogP contribution >= 0.6 is 11.3 Å². The Bertz CT molecular complexity index is 476. The first-order chi connectivity index (χ1) is 7.31. The topological polar surface area (TPSA) is 25.8 Å². The number of halogens is 1. The van der Waals surface area contributed by atoms with E-state index in [1.54, 1.807) is 31.5 Å². The van der Waals surface area contributed by atoms with Crippen LogP contribution in [0.4, 0.5) is 4.39 Å². The summed E-state index contributed by atoms with van der Waals surface area (Å²) in [6, 6.07) is 5.33. The first-order valence-electron chi connectivity index (χ1n) is 4.50. The van der Waals surface area contributed by atoms with Gasteiger partial charge in [0.05, 0.1) is 9.75 Å². The molecular formula is C11H9FN2S. The van der Waals surface area contributed by atoms with Crippen molar-refractivity contribution in [1.29, 1.82) is 0 Å². The first-order valence-corrected chi connectivity index (χ1v) is 5.32. The number of aromatic nitrogens is 2. The molecule has 0 atom stereocenters. The molecule has 2 heterocycles. The molecule has 15 heavy (non-hydrogen) atoms. The fraction of sp³-hybridized carbons (Fsp3) is 0.0909. The van der Waals surface area contributed by atoms with Crippen molar-refractivity contribution in [2.24, 2.45) is 0 Å². The third-order valence-electron chi connectivity index (χ3n) is 1.88. The van der Waals surface area contributed by atoms with E-state index in [1.165, 1.54) is 17.4 Å². The van der Waals surface area contributed by atoms with Gasteiger partial charge in [-0.2, -0.15) is 0 Å². The normalized spacial score (nSPS) is 11.7. The van der Waals surface area contributed by atoms with Crippen LogP contribution < -0.4 is 0 Å². The number of hydrogen-bond acceptors (Lipinski definition) is 3. The molecule has 2 rings (SSSR count). The Kier molecular flexibility index (Phi) is 2.87. The van der Waals surface area contributed by atoms with Crippen molar-refractivity contribution in [2.45, 2.75) is 6.92 Å². The van der Waals surface area contributed by atoms with Gasteiger partial charge in [-0.25, -0.2) is 14.4 Å². The fourth-order valence-electron chi connectivity index (χ4n) is 1.16. The standard InChI is InChI=1S/C11H9FN2S/c1-2-8(12)9-4-5-10(15-9)11-13-6-3-7-14-11/h2-7H,1H3/b8-2+. The number of nitrogens with zero attached hydrogens (tertiary/aromatic N) is 2. The minimum Gasteiger partial charge on any atom is -0.236 e. The summed E-state index contributed by atoms with van der Waals surface area (Å²) in [6.07, 6.45) is 4.79. The lowest BCUT2D eigenvalue weighted by molar-refractivity contribution is 0.762. The van der Waals surface area contributed by atoms with E-state index >= 15 is 0 Å². The Morgan fingerprint density at radius 3 is 2.73 bits per heavy atom. The van der Waals surface area contributed by atoms with E-state index in [2.05, 4.69) is 9.97 Å². The van der Waals surface area contributed by atoms with Gasteiger partial charge in [0.15, 0.2) is 5.82 Å². The molecule has 0 spiro atoms. The van der Waals surface area contributed by atoms with Crippen LogP contribution in [0, 0.1) is 0 Å². The quantitative estimate of drug-likeness (QED) is 0.773. The molecule has 0 N–H and O–H groups in total. The van der Waals surface area contributed by atoms with Gasteiger partial charge in [0.25, 0.3) is 0 Å². The summed E-state index contributed by atoms with van der Waals surface area (Å²) in [5.74, 6) is 0.430. The second-order valence-corrected chi connectivity index (χ2v) is 3.96. The highest BCUT2D eigenvalue weighted by Crippen LogP contribution is 2.30. The van der Waals surface area contributed by atoms with Crippen molar-refractivity contribution in [3.05, 3.63) is 41.5 Å². The molecule has 4 heteroatoms. The van der Waals surface area contributed by atoms with E-state index in [0.717, 1.165) is 4.88 Å². The molecule has 2 aromatic heterocycles. The van der Waals surface area contributed by atoms with E-state index < -0.39 is 0 Å². The summed E-state index contributed by atoms with van der Waals surface area (Å²) in [6.45, 7) is 1.67. The maximum Gasteiger partial charge on any atom is 0.169 e. The van der Waals surface area contributed by atoms with Crippen LogP contribution in [0.15, 0.2) is 36.7 Å². The van der Waals surface area contributed by atoms with Gasteiger partial charge in [0.2, 0.25) is 0 Å². The maximum absolute atomic E-state index is 13.2. The highest BCUT2D eigenvalue weighted by molar-refractivity contribution is 7.16. The predicted molar refractivity (Wildman–Crippen MR) is 60.1 cm³/mol. The third kappa shape index (κ3) is 2.10. The molecule has 0 aliphatic carbocycles. The molecule has 0 radical (unpaired) electrons. The van der Waals surface area contributed by atoms with Gasteiger partial charge in [-0.05, 0) is 25.1 Å². The highest BCUT2D eigenvalue weighted by Gasteiger charge is 2.07. The van der Waals surface area contributed by atoms with E-state index in [9.17, 15) is 4.39 Å². The SMILES string of the molecule is C/C=C(/F)c1ccc(-c2ncccn2)s1. The van der Waals surface area contributed by atoms with E-state index in [0.29, 0.717) is 10.7 Å². The second kappa shape index (κ2) is 4.31.